The molecule has 118 valence electrons. The lowest BCUT2D eigenvalue weighted by Crippen LogP contribution is -1.90. The van der Waals surface area contributed by atoms with E-state index in [1.165, 1.54) is 10.8 Å². The zero-order chi connectivity index (χ0) is 16.7. The van der Waals surface area contributed by atoms with Crippen molar-refractivity contribution in [3.63, 3.8) is 0 Å². The van der Waals surface area contributed by atoms with Crippen LogP contribution in [0.15, 0.2) is 54.6 Å². The smallest absolute Gasteiger partial charge is 0.133 e. The summed E-state index contributed by atoms with van der Waals surface area (Å²) in [6.45, 7) is 0. The van der Waals surface area contributed by atoms with E-state index in [4.69, 9.17) is 23.2 Å². The predicted octanol–water partition coefficient (Wildman–Crippen LogP) is 6.20. The van der Waals surface area contributed by atoms with E-state index in [1.807, 2.05) is 29.8 Å². The molecule has 4 aromatic rings. The van der Waals surface area contributed by atoms with Gasteiger partial charge in [-0.3, -0.25) is 0 Å². The average Bonchev–Trinajstić information content (AvgIpc) is 2.89. The van der Waals surface area contributed by atoms with Crippen molar-refractivity contribution in [1.29, 1.82) is 0 Å². The van der Waals surface area contributed by atoms with Gasteiger partial charge in [0.25, 0.3) is 0 Å². The number of imidazole rings is 1. The van der Waals surface area contributed by atoms with Crippen LogP contribution < -0.4 is 0 Å². The number of hydrogen-bond donors (Lipinski definition) is 0. The fourth-order valence-corrected chi connectivity index (χ4v) is 3.15. The van der Waals surface area contributed by atoms with Crippen LogP contribution >= 0.6 is 23.2 Å². The molecule has 1 aromatic heterocycles. The number of aryl methyl sites for hydroxylation is 1. The minimum absolute atomic E-state index is 0.521. The van der Waals surface area contributed by atoms with Gasteiger partial charge >= 0.3 is 0 Å². The maximum absolute atomic E-state index is 6.11. The van der Waals surface area contributed by atoms with Crippen LogP contribution in [0, 0.1) is 0 Å². The lowest BCUT2D eigenvalue weighted by Gasteiger charge is -2.00. The normalized spacial score (nSPS) is 11.8. The third-order valence-electron chi connectivity index (χ3n) is 4.16. The van der Waals surface area contributed by atoms with E-state index in [0.717, 1.165) is 22.4 Å². The molecule has 0 aliphatic heterocycles. The molecule has 24 heavy (non-hydrogen) atoms. The Kier molecular flexibility index (Phi) is 3.79. The molecule has 4 rings (SSSR count). The fourth-order valence-electron chi connectivity index (χ4n) is 2.84. The average molecular weight is 353 g/mol. The van der Waals surface area contributed by atoms with E-state index in [2.05, 4.69) is 47.5 Å². The van der Waals surface area contributed by atoms with E-state index in [1.54, 1.807) is 6.07 Å². The molecule has 0 N–H and O–H groups in total. The van der Waals surface area contributed by atoms with Gasteiger partial charge in [0, 0.05) is 7.05 Å². The van der Waals surface area contributed by atoms with Gasteiger partial charge in [-0.2, -0.15) is 0 Å². The molecule has 1 heterocycles. The molecule has 0 radical (unpaired) electrons. The molecular weight excluding hydrogens is 339 g/mol. The summed E-state index contributed by atoms with van der Waals surface area (Å²) in [7, 11) is 1.97. The molecule has 0 atom stereocenters. The molecule has 0 aliphatic rings. The molecule has 0 aliphatic carbocycles. The summed E-state index contributed by atoms with van der Waals surface area (Å²) in [5, 5.41) is 3.52. The van der Waals surface area contributed by atoms with Crippen LogP contribution in [0.4, 0.5) is 0 Å². The standard InChI is InChI=1S/C20H14Cl2N2/c1-24-19-12-17(22)16(21)11-18(19)23-20(24)9-7-13-6-8-14-4-2-3-5-15(14)10-13/h2-12H,1H3/b9-7+. The molecule has 0 unspecified atom stereocenters. The van der Waals surface area contributed by atoms with Crippen molar-refractivity contribution in [2.24, 2.45) is 7.05 Å². The second kappa shape index (κ2) is 5.97. The Balaban J connectivity index is 1.74. The Labute approximate surface area is 150 Å². The van der Waals surface area contributed by atoms with Crippen LogP contribution in [-0.2, 0) is 7.05 Å². The first kappa shape index (κ1) is 15.3. The molecule has 0 spiro atoms. The summed E-state index contributed by atoms with van der Waals surface area (Å²) in [5.41, 5.74) is 2.93. The zero-order valence-electron chi connectivity index (χ0n) is 13.0. The van der Waals surface area contributed by atoms with E-state index in [9.17, 15) is 0 Å². The van der Waals surface area contributed by atoms with Crippen molar-refractivity contribution in [2.45, 2.75) is 0 Å². The lowest BCUT2D eigenvalue weighted by atomic mass is 10.1. The maximum Gasteiger partial charge on any atom is 0.133 e. The number of benzene rings is 3. The second-order valence-electron chi connectivity index (χ2n) is 5.72. The maximum atomic E-state index is 6.11. The Hall–Kier alpha value is -2.29. The van der Waals surface area contributed by atoms with Crippen molar-refractivity contribution in [1.82, 2.24) is 9.55 Å². The highest BCUT2D eigenvalue weighted by molar-refractivity contribution is 6.42. The third kappa shape index (κ3) is 2.68. The van der Waals surface area contributed by atoms with Gasteiger partial charge in [-0.25, -0.2) is 4.98 Å². The lowest BCUT2D eigenvalue weighted by molar-refractivity contribution is 0.930. The Bertz CT molecular complexity index is 1090. The van der Waals surface area contributed by atoms with Gasteiger partial charge in [-0.15, -0.1) is 0 Å². The quantitative estimate of drug-likeness (QED) is 0.419. The molecule has 2 nitrogen and oxygen atoms in total. The van der Waals surface area contributed by atoms with Gasteiger partial charge in [0.15, 0.2) is 0 Å². The van der Waals surface area contributed by atoms with Gasteiger partial charge in [0.05, 0.1) is 21.1 Å². The fraction of sp³-hybridized carbons (Fsp3) is 0.0500. The van der Waals surface area contributed by atoms with Gasteiger partial charge < -0.3 is 4.57 Å². The van der Waals surface area contributed by atoms with Crippen molar-refractivity contribution >= 4 is 57.2 Å². The highest BCUT2D eigenvalue weighted by atomic mass is 35.5. The number of hydrogen-bond acceptors (Lipinski definition) is 1. The van der Waals surface area contributed by atoms with Crippen LogP contribution in [0.5, 0.6) is 0 Å². The number of aromatic nitrogens is 2. The minimum atomic E-state index is 0.521. The second-order valence-corrected chi connectivity index (χ2v) is 6.54. The van der Waals surface area contributed by atoms with E-state index in [-0.39, 0.29) is 0 Å². The van der Waals surface area contributed by atoms with E-state index in [0.29, 0.717) is 10.0 Å². The molecular formula is C20H14Cl2N2. The summed E-state index contributed by atoms with van der Waals surface area (Å²) in [6, 6.07) is 18.4. The highest BCUT2D eigenvalue weighted by Gasteiger charge is 2.08. The molecule has 0 bridgehead atoms. The Morgan fingerprint density at radius 2 is 1.62 bits per heavy atom. The first-order valence-electron chi connectivity index (χ1n) is 7.60. The number of halogens is 2. The van der Waals surface area contributed by atoms with Crippen LogP contribution in [-0.4, -0.2) is 9.55 Å². The van der Waals surface area contributed by atoms with Gasteiger partial charge in [-0.05, 0) is 40.6 Å². The summed E-state index contributed by atoms with van der Waals surface area (Å²) < 4.78 is 2.01. The van der Waals surface area contributed by atoms with E-state index >= 15 is 0 Å². The highest BCUT2D eigenvalue weighted by Crippen LogP contribution is 2.28. The van der Waals surface area contributed by atoms with Crippen molar-refractivity contribution < 1.29 is 0 Å². The van der Waals surface area contributed by atoms with Crippen molar-refractivity contribution in [3.05, 3.63) is 76.0 Å². The summed E-state index contributed by atoms with van der Waals surface area (Å²) in [6.07, 6.45) is 4.07. The molecule has 0 amide bonds. The Morgan fingerprint density at radius 1 is 0.875 bits per heavy atom. The van der Waals surface area contributed by atoms with E-state index < -0.39 is 0 Å². The number of nitrogens with zero attached hydrogens (tertiary/aromatic N) is 2. The first-order chi connectivity index (χ1) is 11.6. The summed E-state index contributed by atoms with van der Waals surface area (Å²) in [4.78, 5) is 4.62. The van der Waals surface area contributed by atoms with Gasteiger partial charge in [0.1, 0.15) is 5.82 Å². The monoisotopic (exact) mass is 352 g/mol. The van der Waals surface area contributed by atoms with Gasteiger partial charge in [-0.1, -0.05) is 65.7 Å². The topological polar surface area (TPSA) is 17.8 Å². The first-order valence-corrected chi connectivity index (χ1v) is 8.36. The van der Waals surface area contributed by atoms with Crippen LogP contribution in [0.2, 0.25) is 10.0 Å². The van der Waals surface area contributed by atoms with Gasteiger partial charge in [0.2, 0.25) is 0 Å². The van der Waals surface area contributed by atoms with Crippen LogP contribution in [0.1, 0.15) is 11.4 Å². The molecule has 0 fully saturated rings. The molecule has 3 aromatic carbocycles. The SMILES string of the molecule is Cn1c(/C=C/c2ccc3ccccc3c2)nc2cc(Cl)c(Cl)cc21. The summed E-state index contributed by atoms with van der Waals surface area (Å²) >= 11 is 12.2. The molecule has 0 saturated heterocycles. The number of fused-ring (bicyclic) bond motifs is 2. The van der Waals surface area contributed by atoms with Crippen molar-refractivity contribution in [3.8, 4) is 0 Å². The largest absolute Gasteiger partial charge is 0.328 e. The van der Waals surface area contributed by atoms with Crippen LogP contribution in [0.25, 0.3) is 34.0 Å². The number of rotatable bonds is 2. The molecule has 4 heteroatoms. The van der Waals surface area contributed by atoms with Crippen LogP contribution in [0.3, 0.4) is 0 Å². The third-order valence-corrected chi connectivity index (χ3v) is 4.88. The zero-order valence-corrected chi connectivity index (χ0v) is 14.5. The minimum Gasteiger partial charge on any atom is -0.328 e. The molecule has 0 saturated carbocycles. The Morgan fingerprint density at radius 3 is 2.46 bits per heavy atom. The summed E-state index contributed by atoms with van der Waals surface area (Å²) in [5.74, 6) is 0.858. The van der Waals surface area contributed by atoms with Crippen molar-refractivity contribution in [2.75, 3.05) is 0 Å². The predicted molar refractivity (Wildman–Crippen MR) is 104 cm³/mol.